The fourth-order valence-corrected chi connectivity index (χ4v) is 1.83. The molecule has 0 saturated heterocycles. The lowest BCUT2D eigenvalue weighted by Crippen LogP contribution is -2.14. The molecule has 0 aliphatic rings. The molecule has 17 heavy (non-hydrogen) atoms. The molecular weight excluding hydrogens is 212 g/mol. The van der Waals surface area contributed by atoms with Crippen LogP contribution in [-0.4, -0.2) is 10.9 Å². The molecule has 0 heterocycles. The lowest BCUT2D eigenvalue weighted by molar-refractivity contribution is 0.101. The molecule has 1 aromatic rings. The van der Waals surface area contributed by atoms with E-state index in [0.29, 0.717) is 5.56 Å². The van der Waals surface area contributed by atoms with E-state index in [1.807, 2.05) is 34.6 Å². The van der Waals surface area contributed by atoms with E-state index in [4.69, 9.17) is 1.37 Å². The second-order valence-electron chi connectivity index (χ2n) is 5.79. The SMILES string of the molecule is [3H]CC(=O)c1cc(C(C)C)c(O)c(C(C)(C)C)c1. The van der Waals surface area contributed by atoms with Gasteiger partial charge in [-0.15, -0.1) is 0 Å². The van der Waals surface area contributed by atoms with Gasteiger partial charge in [0.15, 0.2) is 5.78 Å². The van der Waals surface area contributed by atoms with Crippen molar-refractivity contribution < 1.29 is 11.3 Å². The number of Topliss-reactive ketones (excluding diaryl/α,β-unsaturated/α-hetero) is 1. The maximum absolute atomic E-state index is 11.7. The van der Waals surface area contributed by atoms with Gasteiger partial charge < -0.3 is 5.11 Å². The molecule has 1 aromatic carbocycles. The molecular formula is C15H22O2. The van der Waals surface area contributed by atoms with Gasteiger partial charge in [-0.1, -0.05) is 34.6 Å². The second kappa shape index (κ2) is 4.52. The van der Waals surface area contributed by atoms with E-state index in [2.05, 4.69) is 0 Å². The fraction of sp³-hybridized carbons (Fsp3) is 0.533. The number of phenolic OH excluding ortho intramolecular Hbond substituents is 1. The van der Waals surface area contributed by atoms with Crippen molar-refractivity contribution in [3.05, 3.63) is 28.8 Å². The molecule has 2 nitrogen and oxygen atoms in total. The van der Waals surface area contributed by atoms with Crippen LogP contribution in [0.15, 0.2) is 12.1 Å². The Kier molecular flexibility index (Phi) is 3.23. The minimum atomic E-state index is -0.258. The number of hydrogen-bond acceptors (Lipinski definition) is 2. The van der Waals surface area contributed by atoms with Crippen molar-refractivity contribution in [2.45, 2.75) is 52.9 Å². The molecule has 0 aliphatic heterocycles. The van der Waals surface area contributed by atoms with E-state index in [1.165, 1.54) is 0 Å². The lowest BCUT2D eigenvalue weighted by Gasteiger charge is -2.24. The molecule has 0 radical (unpaired) electrons. The Hall–Kier alpha value is -1.31. The molecule has 0 atom stereocenters. The van der Waals surface area contributed by atoms with E-state index in [-0.39, 0.29) is 29.8 Å². The highest BCUT2D eigenvalue weighted by Crippen LogP contribution is 2.37. The summed E-state index contributed by atoms with van der Waals surface area (Å²) >= 11 is 0. The largest absolute Gasteiger partial charge is 0.507 e. The number of carbonyl (C=O) groups is 1. The molecule has 0 aliphatic carbocycles. The van der Waals surface area contributed by atoms with Crippen LogP contribution < -0.4 is 0 Å². The predicted octanol–water partition coefficient (Wildman–Crippen LogP) is 4.02. The third kappa shape index (κ3) is 2.87. The first-order valence-corrected chi connectivity index (χ1v) is 5.88. The summed E-state index contributed by atoms with van der Waals surface area (Å²) in [6.07, 6.45) is 0. The van der Waals surface area contributed by atoms with E-state index in [9.17, 15) is 9.90 Å². The van der Waals surface area contributed by atoms with Crippen LogP contribution in [0, 0.1) is 0 Å². The highest BCUT2D eigenvalue weighted by atomic mass is 16.3. The van der Waals surface area contributed by atoms with E-state index in [0.717, 1.165) is 11.1 Å². The standard InChI is InChI=1S/C15H22O2/c1-9(2)12-7-11(10(3)16)8-13(14(12)17)15(4,5)6/h7-9,17H,1-6H3/i3T. The maximum Gasteiger partial charge on any atom is 0.159 e. The van der Waals surface area contributed by atoms with E-state index < -0.39 is 0 Å². The highest BCUT2D eigenvalue weighted by Gasteiger charge is 2.23. The van der Waals surface area contributed by atoms with Gasteiger partial charge in [0.1, 0.15) is 5.75 Å². The normalized spacial score (nSPS) is 12.7. The molecule has 0 spiro atoms. The van der Waals surface area contributed by atoms with Crippen LogP contribution in [0.25, 0.3) is 0 Å². The molecule has 0 saturated carbocycles. The third-order valence-corrected chi connectivity index (χ3v) is 2.89. The van der Waals surface area contributed by atoms with Gasteiger partial charge >= 0.3 is 0 Å². The summed E-state index contributed by atoms with van der Waals surface area (Å²) in [6, 6.07) is 3.43. The molecule has 1 rings (SSSR count). The first-order chi connectivity index (χ1) is 8.18. The Labute approximate surface area is 105 Å². The predicted molar refractivity (Wildman–Crippen MR) is 70.9 cm³/mol. The van der Waals surface area contributed by atoms with E-state index >= 15 is 0 Å². The number of ketones is 1. The van der Waals surface area contributed by atoms with Gasteiger partial charge in [-0.2, -0.15) is 0 Å². The number of benzene rings is 1. The zero-order valence-electron chi connectivity index (χ0n) is 12.3. The van der Waals surface area contributed by atoms with Crippen LogP contribution in [0.2, 0.25) is 0 Å². The van der Waals surface area contributed by atoms with Gasteiger partial charge in [-0.05, 0) is 35.9 Å². The second-order valence-corrected chi connectivity index (χ2v) is 5.79. The summed E-state index contributed by atoms with van der Waals surface area (Å²) in [4.78, 5) is 11.7. The first kappa shape index (κ1) is 12.2. The smallest absolute Gasteiger partial charge is 0.159 e. The van der Waals surface area contributed by atoms with Crippen LogP contribution >= 0.6 is 0 Å². The number of rotatable bonds is 2. The van der Waals surface area contributed by atoms with Gasteiger partial charge in [-0.25, -0.2) is 0 Å². The van der Waals surface area contributed by atoms with Crippen molar-refractivity contribution in [3.8, 4) is 5.75 Å². The lowest BCUT2D eigenvalue weighted by atomic mass is 9.82. The van der Waals surface area contributed by atoms with Crippen molar-refractivity contribution in [2.75, 3.05) is 0 Å². The fourth-order valence-electron chi connectivity index (χ4n) is 1.83. The average molecular weight is 236 g/mol. The van der Waals surface area contributed by atoms with E-state index in [1.54, 1.807) is 12.1 Å². The van der Waals surface area contributed by atoms with Crippen molar-refractivity contribution in [1.82, 2.24) is 0 Å². The molecule has 2 heteroatoms. The molecule has 0 bridgehead atoms. The quantitative estimate of drug-likeness (QED) is 0.787. The topological polar surface area (TPSA) is 37.3 Å². The van der Waals surface area contributed by atoms with Gasteiger partial charge in [0.25, 0.3) is 0 Å². The number of aromatic hydroxyl groups is 1. The molecule has 1 N–H and O–H groups in total. The Morgan fingerprint density at radius 3 is 2.35 bits per heavy atom. The van der Waals surface area contributed by atoms with Gasteiger partial charge in [0.2, 0.25) is 0 Å². The first-order valence-electron chi connectivity index (χ1n) is 6.59. The van der Waals surface area contributed by atoms with Gasteiger partial charge in [-0.3, -0.25) is 4.79 Å². The number of carbonyl (C=O) groups excluding carboxylic acids is 1. The third-order valence-electron chi connectivity index (χ3n) is 2.89. The van der Waals surface area contributed by atoms with Crippen LogP contribution in [0.4, 0.5) is 0 Å². The Balaban J connectivity index is 3.52. The van der Waals surface area contributed by atoms with Crippen LogP contribution in [0.5, 0.6) is 5.75 Å². The zero-order valence-corrected chi connectivity index (χ0v) is 11.3. The number of phenols is 1. The zero-order chi connectivity index (χ0) is 14.1. The summed E-state index contributed by atoms with van der Waals surface area (Å²) < 4.78 is 7.19. The summed E-state index contributed by atoms with van der Waals surface area (Å²) in [7, 11) is 0. The van der Waals surface area contributed by atoms with Crippen molar-refractivity contribution in [3.63, 3.8) is 0 Å². The highest BCUT2D eigenvalue weighted by molar-refractivity contribution is 5.94. The summed E-state index contributed by atoms with van der Waals surface area (Å²) in [5, 5.41) is 10.3. The summed E-state index contributed by atoms with van der Waals surface area (Å²) in [5.41, 5.74) is 1.84. The number of hydrogen-bond donors (Lipinski definition) is 1. The van der Waals surface area contributed by atoms with Crippen LogP contribution in [0.1, 0.15) is 70.3 Å². The average Bonchev–Trinajstić information content (AvgIpc) is 2.26. The molecule has 0 aromatic heterocycles. The van der Waals surface area contributed by atoms with Crippen LogP contribution in [0.3, 0.4) is 0 Å². The maximum atomic E-state index is 11.7. The van der Waals surface area contributed by atoms with Crippen LogP contribution in [-0.2, 0) is 5.41 Å². The Morgan fingerprint density at radius 2 is 1.94 bits per heavy atom. The minimum absolute atomic E-state index is 0.143. The van der Waals surface area contributed by atoms with Crippen molar-refractivity contribution in [1.29, 1.82) is 0 Å². The summed E-state index contributed by atoms with van der Waals surface area (Å²) in [5.74, 6) is 0.214. The van der Waals surface area contributed by atoms with Gasteiger partial charge in [0.05, 0.1) is 0 Å². The van der Waals surface area contributed by atoms with Crippen molar-refractivity contribution in [2.24, 2.45) is 0 Å². The van der Waals surface area contributed by atoms with Gasteiger partial charge in [0, 0.05) is 12.5 Å². The van der Waals surface area contributed by atoms with Crippen molar-refractivity contribution >= 4 is 5.78 Å². The summed E-state index contributed by atoms with van der Waals surface area (Å²) in [6.45, 7) is 9.71. The molecule has 0 unspecified atom stereocenters. The molecule has 94 valence electrons. The minimum Gasteiger partial charge on any atom is -0.507 e. The molecule has 0 amide bonds. The molecule has 0 fully saturated rings. The monoisotopic (exact) mass is 236 g/mol. The Bertz CT molecular complexity index is 456. The Morgan fingerprint density at radius 1 is 1.35 bits per heavy atom.